The number of benzene rings is 1. The third kappa shape index (κ3) is 4.45. The molecular weight excluding hydrogens is 363 g/mol. The summed E-state index contributed by atoms with van der Waals surface area (Å²) < 4.78 is 0. The van der Waals surface area contributed by atoms with Gasteiger partial charge in [0.15, 0.2) is 0 Å². The second-order valence-electron chi connectivity index (χ2n) is 4.94. The fourth-order valence-electron chi connectivity index (χ4n) is 2.09. The van der Waals surface area contributed by atoms with Crippen LogP contribution in [0, 0.1) is 20.2 Å². The molecule has 0 aliphatic carbocycles. The molecular formula is C13H16Cl2N4O5. The fraction of sp³-hybridized carbons (Fsp3) is 0.462. The summed E-state index contributed by atoms with van der Waals surface area (Å²) in [5.41, 5.74) is -1.27. The molecule has 0 fully saturated rings. The van der Waals surface area contributed by atoms with E-state index >= 15 is 0 Å². The maximum atomic E-state index is 12.2. The van der Waals surface area contributed by atoms with Crippen LogP contribution >= 0.6 is 23.2 Å². The zero-order chi connectivity index (χ0) is 18.4. The molecule has 0 atom stereocenters. The van der Waals surface area contributed by atoms with Crippen LogP contribution in [0.5, 0.6) is 0 Å². The van der Waals surface area contributed by atoms with Gasteiger partial charge in [-0.05, 0) is 6.07 Å². The average molecular weight is 379 g/mol. The number of nitro groups is 2. The molecule has 0 saturated carbocycles. The van der Waals surface area contributed by atoms with Gasteiger partial charge in [-0.15, -0.1) is 23.2 Å². The molecule has 0 aliphatic heterocycles. The Morgan fingerprint density at radius 2 is 1.54 bits per heavy atom. The first kappa shape index (κ1) is 19.9. The number of amides is 1. The van der Waals surface area contributed by atoms with Crippen LogP contribution in [0.25, 0.3) is 0 Å². The number of carbonyl (C=O) groups is 1. The Balaban J connectivity index is 3.66. The molecule has 1 amide bonds. The van der Waals surface area contributed by atoms with Gasteiger partial charge in [-0.1, -0.05) is 0 Å². The normalized spacial score (nSPS) is 10.3. The summed E-state index contributed by atoms with van der Waals surface area (Å²) in [6, 6.07) is 1.94. The molecule has 0 saturated heterocycles. The molecule has 0 aromatic heterocycles. The Morgan fingerprint density at radius 3 is 1.92 bits per heavy atom. The van der Waals surface area contributed by atoms with Crippen molar-refractivity contribution < 1.29 is 14.6 Å². The summed E-state index contributed by atoms with van der Waals surface area (Å²) >= 11 is 11.4. The molecule has 0 aliphatic rings. The number of anilines is 1. The number of alkyl halides is 2. The predicted octanol–water partition coefficient (Wildman–Crippen LogP) is 2.49. The van der Waals surface area contributed by atoms with Gasteiger partial charge in [-0.25, -0.2) is 0 Å². The number of carbonyl (C=O) groups excluding carboxylic acids is 1. The highest BCUT2D eigenvalue weighted by molar-refractivity contribution is 6.18. The molecule has 132 valence electrons. The van der Waals surface area contributed by atoms with E-state index in [9.17, 15) is 25.0 Å². The van der Waals surface area contributed by atoms with Crippen LogP contribution in [0.15, 0.2) is 12.1 Å². The largest absolute Gasteiger partial charge is 0.364 e. The van der Waals surface area contributed by atoms with E-state index in [0.717, 1.165) is 17.0 Å². The predicted molar refractivity (Wildman–Crippen MR) is 91.4 cm³/mol. The van der Waals surface area contributed by atoms with E-state index in [1.807, 2.05) is 0 Å². The van der Waals surface area contributed by atoms with Gasteiger partial charge in [0.05, 0.1) is 15.9 Å². The summed E-state index contributed by atoms with van der Waals surface area (Å²) in [6.45, 7) is 0.477. The lowest BCUT2D eigenvalue weighted by molar-refractivity contribution is -0.393. The van der Waals surface area contributed by atoms with E-state index in [0.29, 0.717) is 0 Å². The first-order chi connectivity index (χ1) is 11.2. The van der Waals surface area contributed by atoms with Crippen LogP contribution in [-0.2, 0) is 0 Å². The maximum Gasteiger partial charge on any atom is 0.299 e. The molecule has 0 heterocycles. The Morgan fingerprint density at radius 1 is 1.04 bits per heavy atom. The lowest BCUT2D eigenvalue weighted by atomic mass is 10.1. The smallest absolute Gasteiger partial charge is 0.299 e. The number of nitrogens with zero attached hydrogens (tertiary/aromatic N) is 4. The van der Waals surface area contributed by atoms with Gasteiger partial charge in [0.1, 0.15) is 11.3 Å². The second-order valence-corrected chi connectivity index (χ2v) is 5.69. The van der Waals surface area contributed by atoms with Crippen molar-refractivity contribution >= 4 is 46.2 Å². The Bertz CT molecular complexity index is 647. The zero-order valence-electron chi connectivity index (χ0n) is 13.1. The third-order valence-electron chi connectivity index (χ3n) is 3.17. The van der Waals surface area contributed by atoms with Crippen molar-refractivity contribution in [3.05, 3.63) is 37.9 Å². The highest BCUT2D eigenvalue weighted by atomic mass is 35.5. The van der Waals surface area contributed by atoms with Gasteiger partial charge in [-0.2, -0.15) is 0 Å². The number of halogens is 2. The topological polar surface area (TPSA) is 110 Å². The van der Waals surface area contributed by atoms with Crippen LogP contribution in [0.2, 0.25) is 0 Å². The molecule has 9 nitrogen and oxygen atoms in total. The molecule has 0 spiro atoms. The van der Waals surface area contributed by atoms with Crippen molar-refractivity contribution in [2.45, 2.75) is 0 Å². The van der Waals surface area contributed by atoms with Crippen LogP contribution in [-0.4, -0.2) is 59.6 Å². The van der Waals surface area contributed by atoms with E-state index < -0.39 is 27.1 Å². The quantitative estimate of drug-likeness (QED) is 0.390. The van der Waals surface area contributed by atoms with Gasteiger partial charge in [-0.3, -0.25) is 25.0 Å². The number of rotatable bonds is 8. The van der Waals surface area contributed by atoms with E-state index in [-0.39, 0.29) is 36.1 Å². The van der Waals surface area contributed by atoms with Crippen LogP contribution in [0.4, 0.5) is 17.1 Å². The Kier molecular flexibility index (Phi) is 7.18. The van der Waals surface area contributed by atoms with E-state index in [1.165, 1.54) is 19.0 Å². The summed E-state index contributed by atoms with van der Waals surface area (Å²) in [6.07, 6.45) is 0. The summed E-state index contributed by atoms with van der Waals surface area (Å²) in [4.78, 5) is 35.9. The number of hydrogen-bond acceptors (Lipinski definition) is 6. The first-order valence-corrected chi connectivity index (χ1v) is 7.86. The molecule has 1 rings (SSSR count). The molecule has 0 N–H and O–H groups in total. The lowest BCUT2D eigenvalue weighted by Crippen LogP contribution is -2.29. The van der Waals surface area contributed by atoms with E-state index in [4.69, 9.17) is 23.2 Å². The Labute approximate surface area is 148 Å². The zero-order valence-corrected chi connectivity index (χ0v) is 14.6. The number of hydrogen-bond donors (Lipinski definition) is 0. The maximum absolute atomic E-state index is 12.2. The van der Waals surface area contributed by atoms with Crippen molar-refractivity contribution in [1.29, 1.82) is 0 Å². The van der Waals surface area contributed by atoms with Crippen molar-refractivity contribution in [2.75, 3.05) is 43.8 Å². The van der Waals surface area contributed by atoms with Gasteiger partial charge in [0.2, 0.25) is 0 Å². The SMILES string of the molecule is CN(C)C(=O)c1cc(N(CCCl)CCCl)c([N+](=O)[O-])cc1[N+](=O)[O-]. The van der Waals surface area contributed by atoms with Crippen molar-refractivity contribution in [1.82, 2.24) is 4.90 Å². The highest BCUT2D eigenvalue weighted by Gasteiger charge is 2.30. The molecule has 11 heteroatoms. The van der Waals surface area contributed by atoms with Crippen LogP contribution < -0.4 is 4.90 Å². The summed E-state index contributed by atoms with van der Waals surface area (Å²) in [5.74, 6) is -0.293. The van der Waals surface area contributed by atoms with Crippen molar-refractivity contribution in [3.8, 4) is 0 Å². The van der Waals surface area contributed by atoms with E-state index in [2.05, 4.69) is 0 Å². The minimum absolute atomic E-state index is 0.0668. The molecule has 24 heavy (non-hydrogen) atoms. The molecule has 0 radical (unpaired) electrons. The molecule has 1 aromatic carbocycles. The first-order valence-electron chi connectivity index (χ1n) is 6.79. The standard InChI is InChI=1S/C13H16Cl2N4O5/c1-16(2)13(20)9-7-11(17(5-3-14)6-4-15)12(19(23)24)8-10(9)18(21)22/h7-8H,3-6H2,1-2H3. The number of nitro benzene ring substituents is 2. The third-order valence-corrected chi connectivity index (χ3v) is 3.51. The fourth-order valence-corrected chi connectivity index (χ4v) is 2.49. The van der Waals surface area contributed by atoms with Gasteiger partial charge in [0.25, 0.3) is 17.3 Å². The van der Waals surface area contributed by atoms with E-state index in [1.54, 1.807) is 0 Å². The monoisotopic (exact) mass is 378 g/mol. The van der Waals surface area contributed by atoms with Gasteiger partial charge >= 0.3 is 0 Å². The van der Waals surface area contributed by atoms with Crippen LogP contribution in [0.1, 0.15) is 10.4 Å². The summed E-state index contributed by atoms with van der Waals surface area (Å²) in [7, 11) is 2.87. The minimum atomic E-state index is -0.819. The van der Waals surface area contributed by atoms with Gasteiger partial charge in [0, 0.05) is 38.9 Å². The minimum Gasteiger partial charge on any atom is -0.364 e. The molecule has 1 aromatic rings. The van der Waals surface area contributed by atoms with Gasteiger partial charge < -0.3 is 9.80 Å². The molecule has 0 bridgehead atoms. The average Bonchev–Trinajstić information content (AvgIpc) is 2.52. The lowest BCUT2D eigenvalue weighted by Gasteiger charge is -2.23. The molecule has 0 unspecified atom stereocenters. The second kappa shape index (κ2) is 8.65. The van der Waals surface area contributed by atoms with Crippen LogP contribution in [0.3, 0.4) is 0 Å². The highest BCUT2D eigenvalue weighted by Crippen LogP contribution is 2.35. The van der Waals surface area contributed by atoms with Crippen molar-refractivity contribution in [3.63, 3.8) is 0 Å². The van der Waals surface area contributed by atoms with Crippen molar-refractivity contribution in [2.24, 2.45) is 0 Å². The Hall–Kier alpha value is -2.13. The summed E-state index contributed by atoms with van der Waals surface area (Å²) in [5, 5.41) is 22.5.